The smallest absolute Gasteiger partial charge is 0.193 e. The van der Waals surface area contributed by atoms with Crippen molar-refractivity contribution < 1.29 is 4.79 Å². The van der Waals surface area contributed by atoms with Crippen LogP contribution in [0.25, 0.3) is 38.6 Å². The Morgan fingerprint density at radius 1 is 0.617 bits per heavy atom. The summed E-state index contributed by atoms with van der Waals surface area (Å²) < 4.78 is 2.31. The molecule has 234 valence electrons. The number of nitrogens with one attached hydrogen (secondary N) is 2. The highest BCUT2D eigenvalue weighted by molar-refractivity contribution is 6.11. The van der Waals surface area contributed by atoms with Crippen LogP contribution >= 0.6 is 0 Å². The second kappa shape index (κ2) is 11.5. The van der Waals surface area contributed by atoms with E-state index in [0.29, 0.717) is 23.2 Å². The fourth-order valence-electron chi connectivity index (χ4n) is 8.96. The third-order valence-corrected chi connectivity index (χ3v) is 11.2. The molecule has 0 aliphatic carbocycles. The average molecular weight is 617 g/mol. The average Bonchev–Trinajstić information content (AvgIpc) is 3.66. The number of fused-ring (bicyclic) bond motifs is 6. The number of carbonyl (C=O) groups excluding carboxylic acids is 1. The Kier molecular flexibility index (Phi) is 6.99. The Morgan fingerprint density at radius 2 is 1.17 bits per heavy atom. The van der Waals surface area contributed by atoms with Crippen molar-refractivity contribution in [3.8, 4) is 16.8 Å². The Morgan fingerprint density at radius 3 is 1.83 bits per heavy atom. The number of benzene rings is 5. The molecule has 5 nitrogen and oxygen atoms in total. The summed E-state index contributed by atoms with van der Waals surface area (Å²) in [6.45, 7) is 6.66. The molecule has 3 aliphatic heterocycles. The number of aryl methyl sites for hydroxylation is 1. The van der Waals surface area contributed by atoms with Gasteiger partial charge in [-0.25, -0.2) is 0 Å². The highest BCUT2D eigenvalue weighted by Crippen LogP contribution is 2.44. The number of rotatable bonds is 5. The van der Waals surface area contributed by atoms with Crippen LogP contribution in [0.2, 0.25) is 0 Å². The first-order valence-corrected chi connectivity index (χ1v) is 17.2. The second-order valence-corrected chi connectivity index (χ2v) is 13.7. The number of aromatic nitrogens is 1. The van der Waals surface area contributed by atoms with Crippen LogP contribution in [0.15, 0.2) is 115 Å². The number of ketones is 1. The summed E-state index contributed by atoms with van der Waals surface area (Å²) in [6.07, 6.45) is 2.44. The summed E-state index contributed by atoms with van der Waals surface area (Å²) >= 11 is 0. The van der Waals surface area contributed by atoms with Crippen LogP contribution in [0, 0.1) is 18.8 Å². The monoisotopic (exact) mass is 616 g/mol. The minimum absolute atomic E-state index is 0.0407. The van der Waals surface area contributed by atoms with Gasteiger partial charge >= 0.3 is 0 Å². The lowest BCUT2D eigenvalue weighted by Crippen LogP contribution is -2.45. The molecule has 47 heavy (non-hydrogen) atoms. The zero-order chi connectivity index (χ0) is 31.5. The van der Waals surface area contributed by atoms with E-state index in [4.69, 9.17) is 0 Å². The number of carbonyl (C=O) groups is 1. The van der Waals surface area contributed by atoms with Crippen molar-refractivity contribution in [3.05, 3.63) is 132 Å². The quantitative estimate of drug-likeness (QED) is 0.194. The van der Waals surface area contributed by atoms with Gasteiger partial charge in [-0.2, -0.15) is 0 Å². The molecule has 9 rings (SSSR count). The Hall–Kier alpha value is -4.71. The van der Waals surface area contributed by atoms with Gasteiger partial charge < -0.3 is 20.1 Å². The molecule has 0 amide bonds. The normalized spacial score (nSPS) is 22.4. The SMILES string of the molecule is Cc1cccc2c3ccccc3n(-c3ccc(C(=O)c4ccc(-c5ccc(N6C7CCNCC7C7CNCCC76)cc5)cc4)cc3)c12. The van der Waals surface area contributed by atoms with Crippen molar-refractivity contribution in [3.63, 3.8) is 0 Å². The van der Waals surface area contributed by atoms with Gasteiger partial charge in [-0.05, 0) is 104 Å². The van der Waals surface area contributed by atoms with E-state index in [9.17, 15) is 4.79 Å². The van der Waals surface area contributed by atoms with Gasteiger partial charge in [0, 0.05) is 58.4 Å². The minimum Gasteiger partial charge on any atom is -0.365 e. The zero-order valence-corrected chi connectivity index (χ0v) is 26.8. The molecule has 3 aliphatic rings. The highest BCUT2D eigenvalue weighted by atomic mass is 16.1. The summed E-state index contributed by atoms with van der Waals surface area (Å²) in [7, 11) is 0. The van der Waals surface area contributed by atoms with E-state index >= 15 is 0 Å². The minimum atomic E-state index is 0.0407. The van der Waals surface area contributed by atoms with Crippen LogP contribution in [-0.2, 0) is 0 Å². The van der Waals surface area contributed by atoms with Crippen molar-refractivity contribution in [2.24, 2.45) is 11.8 Å². The lowest BCUT2D eigenvalue weighted by molar-refractivity contribution is 0.103. The molecule has 3 saturated heterocycles. The van der Waals surface area contributed by atoms with E-state index in [1.807, 2.05) is 24.3 Å². The van der Waals surface area contributed by atoms with Crippen LogP contribution in [-0.4, -0.2) is 48.6 Å². The van der Waals surface area contributed by atoms with E-state index in [2.05, 4.69) is 118 Å². The number of hydrogen-bond donors (Lipinski definition) is 2. The van der Waals surface area contributed by atoms with E-state index < -0.39 is 0 Å². The molecule has 0 bridgehead atoms. The molecule has 0 spiro atoms. The van der Waals surface area contributed by atoms with Crippen LogP contribution in [0.5, 0.6) is 0 Å². The van der Waals surface area contributed by atoms with Gasteiger partial charge in [-0.15, -0.1) is 0 Å². The van der Waals surface area contributed by atoms with Gasteiger partial charge in [0.15, 0.2) is 5.78 Å². The maximum atomic E-state index is 13.6. The first-order valence-electron chi connectivity index (χ1n) is 17.2. The third-order valence-electron chi connectivity index (χ3n) is 11.2. The Labute approximate surface area is 276 Å². The van der Waals surface area contributed by atoms with Crippen molar-refractivity contribution >= 4 is 33.3 Å². The molecule has 6 aromatic rings. The molecule has 1 aromatic heterocycles. The van der Waals surface area contributed by atoms with E-state index in [1.165, 1.54) is 51.5 Å². The molecule has 3 fully saturated rings. The Balaban J connectivity index is 0.949. The fourth-order valence-corrected chi connectivity index (χ4v) is 8.96. The topological polar surface area (TPSA) is 49.3 Å². The molecule has 5 aromatic carbocycles. The van der Waals surface area contributed by atoms with Crippen LogP contribution < -0.4 is 15.5 Å². The van der Waals surface area contributed by atoms with Gasteiger partial charge in [0.05, 0.1) is 11.0 Å². The van der Waals surface area contributed by atoms with Crippen LogP contribution in [0.4, 0.5) is 5.69 Å². The molecule has 2 N–H and O–H groups in total. The summed E-state index contributed by atoms with van der Waals surface area (Å²) in [5.41, 5.74) is 9.74. The Bertz CT molecular complexity index is 2070. The van der Waals surface area contributed by atoms with E-state index in [1.54, 1.807) is 0 Å². The first-order chi connectivity index (χ1) is 23.2. The van der Waals surface area contributed by atoms with Crippen molar-refractivity contribution in [2.45, 2.75) is 31.8 Å². The van der Waals surface area contributed by atoms with Gasteiger partial charge in [0.25, 0.3) is 0 Å². The standard InChI is InChI=1S/C42H40N4O/c1-27-5-4-7-35-34-6-2-3-8-38(34)46(41(27)35)33-19-15-31(16-20-33)42(47)30-11-9-28(10-12-30)29-13-17-32(18-14-29)45-39-21-23-43-25-36(39)37-26-44-24-22-40(37)45/h2-20,36-37,39-40,43-44H,21-26H2,1H3. The molecule has 4 heterocycles. The summed E-state index contributed by atoms with van der Waals surface area (Å²) in [5.74, 6) is 1.49. The predicted molar refractivity (Wildman–Crippen MR) is 193 cm³/mol. The molecular formula is C42H40N4O. The van der Waals surface area contributed by atoms with Crippen LogP contribution in [0.3, 0.4) is 0 Å². The maximum Gasteiger partial charge on any atom is 0.193 e. The predicted octanol–water partition coefficient (Wildman–Crippen LogP) is 7.77. The lowest BCUT2D eigenvalue weighted by Gasteiger charge is -2.36. The van der Waals surface area contributed by atoms with Gasteiger partial charge in [0.1, 0.15) is 0 Å². The molecule has 0 radical (unpaired) electrons. The van der Waals surface area contributed by atoms with Gasteiger partial charge in [0.2, 0.25) is 0 Å². The summed E-state index contributed by atoms with van der Waals surface area (Å²) in [5, 5.41) is 9.80. The summed E-state index contributed by atoms with van der Waals surface area (Å²) in [4.78, 5) is 16.3. The first kappa shape index (κ1) is 28.5. The molecule has 0 saturated carbocycles. The number of para-hydroxylation sites is 2. The lowest BCUT2D eigenvalue weighted by atomic mass is 9.82. The highest BCUT2D eigenvalue weighted by Gasteiger charge is 2.49. The van der Waals surface area contributed by atoms with Gasteiger partial charge in [-0.1, -0.05) is 72.8 Å². The van der Waals surface area contributed by atoms with Crippen molar-refractivity contribution in [1.82, 2.24) is 15.2 Å². The maximum absolute atomic E-state index is 13.6. The third kappa shape index (κ3) is 4.71. The van der Waals surface area contributed by atoms with Gasteiger partial charge in [-0.3, -0.25) is 4.79 Å². The zero-order valence-electron chi connectivity index (χ0n) is 26.8. The van der Waals surface area contributed by atoms with Crippen LogP contribution in [0.1, 0.15) is 34.3 Å². The van der Waals surface area contributed by atoms with Crippen molar-refractivity contribution in [1.29, 1.82) is 0 Å². The molecule has 4 atom stereocenters. The fraction of sp³-hybridized carbons (Fsp3) is 0.262. The van der Waals surface area contributed by atoms with Crippen molar-refractivity contribution in [2.75, 3.05) is 31.1 Å². The second-order valence-electron chi connectivity index (χ2n) is 13.7. The molecular weight excluding hydrogens is 576 g/mol. The number of piperidine rings is 2. The molecule has 5 heteroatoms. The largest absolute Gasteiger partial charge is 0.365 e. The van der Waals surface area contributed by atoms with E-state index in [0.717, 1.165) is 49.3 Å². The number of hydrogen-bond acceptors (Lipinski definition) is 4. The summed E-state index contributed by atoms with van der Waals surface area (Å²) in [6, 6.07) is 41.6. The number of nitrogens with zero attached hydrogens (tertiary/aromatic N) is 2. The van der Waals surface area contributed by atoms with E-state index in [-0.39, 0.29) is 5.78 Å². The number of anilines is 1. The molecule has 4 unspecified atom stereocenters.